The van der Waals surface area contributed by atoms with E-state index in [1.165, 1.54) is 0 Å². The van der Waals surface area contributed by atoms with E-state index < -0.39 is 53.8 Å². The number of unbranched alkanes of at least 4 members (excludes halogenated alkanes) is 2. The van der Waals surface area contributed by atoms with E-state index in [0.29, 0.717) is 45.2 Å². The Morgan fingerprint density at radius 1 is 0.722 bits per heavy atom. The van der Waals surface area contributed by atoms with Crippen LogP contribution in [0.25, 0.3) is 0 Å². The van der Waals surface area contributed by atoms with E-state index in [0.717, 1.165) is 0 Å². The van der Waals surface area contributed by atoms with Crippen LogP contribution in [0.5, 0.6) is 0 Å². The van der Waals surface area contributed by atoms with Crippen molar-refractivity contribution in [3.8, 4) is 0 Å². The molecule has 208 valence electrons. The molecule has 0 heterocycles. The average molecular weight is 516 g/mol. The average Bonchev–Trinajstić information content (AvgIpc) is 2.79. The Morgan fingerprint density at radius 2 is 1.17 bits per heavy atom. The van der Waals surface area contributed by atoms with Crippen LogP contribution in [0.1, 0.15) is 71.6 Å². The quantitative estimate of drug-likeness (QED) is 0.0870. The third kappa shape index (κ3) is 14.6. The van der Waals surface area contributed by atoms with Crippen LogP contribution in [-0.4, -0.2) is 72.0 Å². The van der Waals surface area contributed by atoms with Crippen molar-refractivity contribution < 1.29 is 29.1 Å². The van der Waals surface area contributed by atoms with Gasteiger partial charge in [0.15, 0.2) is 0 Å². The van der Waals surface area contributed by atoms with Crippen LogP contribution in [0.2, 0.25) is 0 Å². The molecule has 13 nitrogen and oxygen atoms in total. The van der Waals surface area contributed by atoms with Gasteiger partial charge in [0.25, 0.3) is 0 Å². The summed E-state index contributed by atoms with van der Waals surface area (Å²) in [4.78, 5) is 61.4. The smallest absolute Gasteiger partial charge is 0.326 e. The van der Waals surface area contributed by atoms with Crippen LogP contribution in [0.4, 0.5) is 0 Å². The molecule has 0 aromatic carbocycles. The highest BCUT2D eigenvalue weighted by atomic mass is 16.4. The lowest BCUT2D eigenvalue weighted by Gasteiger charge is -2.25. The highest BCUT2D eigenvalue weighted by molar-refractivity contribution is 5.94. The maximum Gasteiger partial charge on any atom is 0.326 e. The van der Waals surface area contributed by atoms with Crippen LogP contribution in [0.15, 0.2) is 0 Å². The number of amides is 4. The number of rotatable bonds is 20. The molecule has 0 aliphatic carbocycles. The Hall–Kier alpha value is -2.77. The van der Waals surface area contributed by atoms with Crippen LogP contribution in [-0.2, 0) is 24.0 Å². The maximum absolute atomic E-state index is 13.1. The molecule has 0 saturated heterocycles. The van der Waals surface area contributed by atoms with Gasteiger partial charge < -0.3 is 44.0 Å². The van der Waals surface area contributed by atoms with Crippen LogP contribution in [0, 0.1) is 5.92 Å². The van der Waals surface area contributed by atoms with Crippen molar-refractivity contribution in [2.75, 3.05) is 13.1 Å². The number of carbonyl (C=O) groups excluding carboxylic acids is 4. The van der Waals surface area contributed by atoms with Crippen molar-refractivity contribution in [1.82, 2.24) is 16.0 Å². The summed E-state index contributed by atoms with van der Waals surface area (Å²) in [5.41, 5.74) is 22.1. The molecule has 13 heteroatoms. The first-order valence-electron chi connectivity index (χ1n) is 12.5. The number of carbonyl (C=O) groups is 5. The number of carboxylic acid groups (broad SMARTS) is 1. The molecule has 0 fully saturated rings. The van der Waals surface area contributed by atoms with Gasteiger partial charge in [-0.2, -0.15) is 0 Å². The van der Waals surface area contributed by atoms with Crippen molar-refractivity contribution in [2.24, 2.45) is 28.9 Å². The zero-order valence-electron chi connectivity index (χ0n) is 21.5. The topological polar surface area (TPSA) is 246 Å². The van der Waals surface area contributed by atoms with Gasteiger partial charge in [-0.05, 0) is 70.4 Å². The van der Waals surface area contributed by atoms with Gasteiger partial charge in [0.05, 0.1) is 6.04 Å². The first-order valence-corrected chi connectivity index (χ1v) is 12.5. The molecule has 36 heavy (non-hydrogen) atoms. The molecular formula is C23H45N7O6. The number of hydrogen-bond donors (Lipinski definition) is 8. The summed E-state index contributed by atoms with van der Waals surface area (Å²) in [6.45, 7) is 4.58. The molecule has 0 bridgehead atoms. The molecule has 4 unspecified atom stereocenters. The Labute approximate surface area is 212 Å². The predicted octanol–water partition coefficient (Wildman–Crippen LogP) is -1.58. The van der Waals surface area contributed by atoms with Gasteiger partial charge in [0, 0.05) is 6.42 Å². The molecule has 0 aromatic heterocycles. The van der Waals surface area contributed by atoms with Crippen molar-refractivity contribution in [2.45, 2.75) is 95.8 Å². The first kappa shape index (κ1) is 33.2. The van der Waals surface area contributed by atoms with Gasteiger partial charge in [-0.3, -0.25) is 19.2 Å². The molecule has 0 radical (unpaired) electrons. The highest BCUT2D eigenvalue weighted by Crippen LogP contribution is 2.08. The Balaban J connectivity index is 5.53. The van der Waals surface area contributed by atoms with Crippen molar-refractivity contribution in [1.29, 1.82) is 0 Å². The van der Waals surface area contributed by atoms with Crippen molar-refractivity contribution in [3.05, 3.63) is 0 Å². The fraction of sp³-hybridized carbons (Fsp3) is 0.783. The monoisotopic (exact) mass is 515 g/mol. The third-order valence-electron chi connectivity index (χ3n) is 5.52. The normalized spacial score (nSPS) is 14.4. The van der Waals surface area contributed by atoms with E-state index >= 15 is 0 Å². The number of nitrogens with one attached hydrogen (secondary N) is 3. The van der Waals surface area contributed by atoms with Crippen molar-refractivity contribution in [3.63, 3.8) is 0 Å². The Kier molecular flexibility index (Phi) is 17.1. The SMILES string of the molecule is CC(C)CC(N)C(=O)NC(CCC(N)=O)C(=O)NC(CCCCN)C(=O)NC(CCCCN)C(=O)O. The number of aliphatic carboxylic acids is 1. The lowest BCUT2D eigenvalue weighted by molar-refractivity contribution is -0.142. The second kappa shape index (κ2) is 18.5. The summed E-state index contributed by atoms with van der Waals surface area (Å²) in [7, 11) is 0. The number of hydrogen-bond acceptors (Lipinski definition) is 8. The second-order valence-electron chi connectivity index (χ2n) is 9.33. The van der Waals surface area contributed by atoms with E-state index in [1.54, 1.807) is 0 Å². The Bertz CT molecular complexity index is 719. The van der Waals surface area contributed by atoms with E-state index in [2.05, 4.69) is 16.0 Å². The van der Waals surface area contributed by atoms with Crippen LogP contribution < -0.4 is 38.9 Å². The Morgan fingerprint density at radius 3 is 1.61 bits per heavy atom. The molecule has 4 atom stereocenters. The molecule has 4 amide bonds. The van der Waals surface area contributed by atoms with Gasteiger partial charge in [-0.25, -0.2) is 4.79 Å². The van der Waals surface area contributed by atoms with E-state index in [1.807, 2.05) is 13.8 Å². The van der Waals surface area contributed by atoms with Gasteiger partial charge in [-0.1, -0.05) is 13.8 Å². The fourth-order valence-electron chi connectivity index (χ4n) is 3.51. The van der Waals surface area contributed by atoms with Gasteiger partial charge in [0.1, 0.15) is 18.1 Å². The van der Waals surface area contributed by atoms with E-state index in [-0.39, 0.29) is 31.6 Å². The lowest BCUT2D eigenvalue weighted by atomic mass is 10.0. The number of nitrogens with two attached hydrogens (primary N) is 4. The number of primary amides is 1. The van der Waals surface area contributed by atoms with Gasteiger partial charge >= 0.3 is 5.97 Å². The fourth-order valence-corrected chi connectivity index (χ4v) is 3.51. The molecule has 0 aliphatic rings. The van der Waals surface area contributed by atoms with Crippen LogP contribution >= 0.6 is 0 Å². The zero-order chi connectivity index (χ0) is 27.7. The summed E-state index contributed by atoms with van der Waals surface area (Å²) in [5.74, 6) is -3.65. The predicted molar refractivity (Wildman–Crippen MR) is 135 cm³/mol. The van der Waals surface area contributed by atoms with Gasteiger partial charge in [-0.15, -0.1) is 0 Å². The highest BCUT2D eigenvalue weighted by Gasteiger charge is 2.30. The summed E-state index contributed by atoms with van der Waals surface area (Å²) < 4.78 is 0. The second-order valence-corrected chi connectivity index (χ2v) is 9.33. The number of carboxylic acids is 1. The zero-order valence-corrected chi connectivity index (χ0v) is 21.5. The molecule has 0 aliphatic heterocycles. The molecular weight excluding hydrogens is 470 g/mol. The summed E-state index contributed by atoms with van der Waals surface area (Å²) in [6.07, 6.45) is 2.72. The minimum absolute atomic E-state index is 0.0880. The standard InChI is InChI=1S/C23H45N7O6/c1-14(2)13-15(26)20(32)28-17(9-10-19(27)31)22(34)29-16(7-3-5-11-24)21(33)30-18(23(35)36)8-4-6-12-25/h14-18H,3-13,24-26H2,1-2H3,(H2,27,31)(H,28,32)(H,29,34)(H,30,33)(H,35,36). The van der Waals surface area contributed by atoms with Gasteiger partial charge in [0.2, 0.25) is 23.6 Å². The molecule has 0 spiro atoms. The summed E-state index contributed by atoms with van der Waals surface area (Å²) in [6, 6.07) is -4.23. The minimum atomic E-state index is -1.20. The maximum atomic E-state index is 13.1. The summed E-state index contributed by atoms with van der Waals surface area (Å²) >= 11 is 0. The minimum Gasteiger partial charge on any atom is -0.480 e. The largest absolute Gasteiger partial charge is 0.480 e. The van der Waals surface area contributed by atoms with E-state index in [9.17, 15) is 29.1 Å². The summed E-state index contributed by atoms with van der Waals surface area (Å²) in [5, 5.41) is 17.1. The van der Waals surface area contributed by atoms with E-state index in [4.69, 9.17) is 22.9 Å². The molecule has 0 aromatic rings. The lowest BCUT2D eigenvalue weighted by Crippen LogP contribution is -2.57. The molecule has 0 rings (SSSR count). The molecule has 12 N–H and O–H groups in total. The third-order valence-corrected chi connectivity index (χ3v) is 5.52. The molecule has 0 saturated carbocycles. The van der Waals surface area contributed by atoms with Crippen LogP contribution in [0.3, 0.4) is 0 Å². The van der Waals surface area contributed by atoms with Crippen molar-refractivity contribution >= 4 is 29.6 Å². The first-order chi connectivity index (χ1) is 16.9.